The second-order valence-electron chi connectivity index (χ2n) is 8.13. The van der Waals surface area contributed by atoms with Crippen LogP contribution in [0.1, 0.15) is 54.1 Å². The molecule has 1 atom stereocenters. The molecule has 0 spiro atoms. The van der Waals surface area contributed by atoms with Gasteiger partial charge in [-0.15, -0.1) is 0 Å². The maximum absolute atomic E-state index is 13.9. The van der Waals surface area contributed by atoms with Gasteiger partial charge in [-0.1, -0.05) is 53.6 Å². The second-order valence-corrected chi connectivity index (χ2v) is 9.90. The predicted molar refractivity (Wildman–Crippen MR) is 126 cm³/mol. The molecule has 0 heterocycles. The van der Waals surface area contributed by atoms with E-state index in [4.69, 9.17) is 9.05 Å². The van der Waals surface area contributed by atoms with Gasteiger partial charge in [-0.3, -0.25) is 4.79 Å². The van der Waals surface area contributed by atoms with Gasteiger partial charge in [0.1, 0.15) is 5.75 Å². The van der Waals surface area contributed by atoms with Gasteiger partial charge in [0.05, 0.1) is 5.56 Å². The van der Waals surface area contributed by atoms with Gasteiger partial charge in [0.2, 0.25) is 0 Å². The van der Waals surface area contributed by atoms with Gasteiger partial charge in [0, 0.05) is 5.56 Å². The molecule has 32 heavy (non-hydrogen) atoms. The fourth-order valence-corrected chi connectivity index (χ4v) is 5.57. The number of rotatable bonds is 6. The van der Waals surface area contributed by atoms with Crippen LogP contribution in [0.2, 0.25) is 0 Å². The monoisotopic (exact) mass is 450 g/mol. The van der Waals surface area contributed by atoms with Crippen molar-refractivity contribution < 1.29 is 23.2 Å². The van der Waals surface area contributed by atoms with E-state index >= 15 is 0 Å². The Bertz CT molecular complexity index is 1200. The molecule has 3 rings (SSSR count). The third kappa shape index (κ3) is 4.84. The van der Waals surface area contributed by atoms with Crippen molar-refractivity contribution in [2.24, 2.45) is 0 Å². The Morgan fingerprint density at radius 1 is 0.688 bits per heavy atom. The lowest BCUT2D eigenvalue weighted by Gasteiger charge is -2.21. The van der Waals surface area contributed by atoms with Crippen molar-refractivity contribution in [1.82, 2.24) is 0 Å². The standard InChI is InChI=1S/C26H27O5P/c1-16-12-18(3)23(19(4)13-16)25(27)31-32(29,30-22-10-8-7-9-11-22)26(28)24-20(5)14-17(2)15-21(24)6/h7-15H,1-6H3. The van der Waals surface area contributed by atoms with Crippen LogP contribution in [-0.2, 0) is 9.09 Å². The van der Waals surface area contributed by atoms with Crippen LogP contribution in [0, 0.1) is 41.5 Å². The number of hydrogen-bond acceptors (Lipinski definition) is 5. The van der Waals surface area contributed by atoms with Gasteiger partial charge in [-0.2, -0.15) is 0 Å². The maximum Gasteiger partial charge on any atom is 0.505 e. The minimum absolute atomic E-state index is 0.178. The van der Waals surface area contributed by atoms with E-state index in [9.17, 15) is 14.2 Å². The molecule has 0 aliphatic heterocycles. The van der Waals surface area contributed by atoms with E-state index in [1.807, 2.05) is 38.1 Å². The summed E-state index contributed by atoms with van der Waals surface area (Å²) in [6.45, 7) is 10.9. The lowest BCUT2D eigenvalue weighted by molar-refractivity contribution is 0.0702. The summed E-state index contributed by atoms with van der Waals surface area (Å²) in [6, 6.07) is 15.6. The first-order valence-electron chi connectivity index (χ1n) is 10.3. The highest BCUT2D eigenvalue weighted by Gasteiger charge is 2.43. The lowest BCUT2D eigenvalue weighted by Crippen LogP contribution is -2.17. The van der Waals surface area contributed by atoms with Crippen LogP contribution in [0.25, 0.3) is 0 Å². The quantitative estimate of drug-likeness (QED) is 0.386. The summed E-state index contributed by atoms with van der Waals surface area (Å²) in [5, 5.41) is 0. The summed E-state index contributed by atoms with van der Waals surface area (Å²) in [5.74, 6) is -0.674. The molecule has 0 aromatic heterocycles. The van der Waals surface area contributed by atoms with E-state index in [-0.39, 0.29) is 16.9 Å². The molecule has 0 aliphatic rings. The van der Waals surface area contributed by atoms with Crippen molar-refractivity contribution in [3.63, 3.8) is 0 Å². The molecule has 0 radical (unpaired) electrons. The van der Waals surface area contributed by atoms with Crippen molar-refractivity contribution in [2.45, 2.75) is 41.5 Å². The Labute approximate surface area is 188 Å². The van der Waals surface area contributed by atoms with Gasteiger partial charge >= 0.3 is 13.6 Å². The Balaban J connectivity index is 2.09. The molecule has 3 aromatic carbocycles. The Hall–Kier alpha value is -3.17. The summed E-state index contributed by atoms with van der Waals surface area (Å²) in [5.41, 5.74) is 4.26. The normalized spacial score (nSPS) is 12.7. The van der Waals surface area contributed by atoms with Crippen LogP contribution in [0.15, 0.2) is 54.6 Å². The second kappa shape index (κ2) is 9.13. The first kappa shape index (κ1) is 23.5. The molecule has 0 aliphatic carbocycles. The molecular weight excluding hydrogens is 423 g/mol. The first-order chi connectivity index (χ1) is 15.0. The highest BCUT2D eigenvalue weighted by atomic mass is 31.2. The zero-order chi connectivity index (χ0) is 23.6. The predicted octanol–water partition coefficient (Wildman–Crippen LogP) is 6.81. The van der Waals surface area contributed by atoms with E-state index in [0.717, 1.165) is 11.1 Å². The smallest absolute Gasteiger partial charge is 0.411 e. The van der Waals surface area contributed by atoms with Crippen LogP contribution in [-0.4, -0.2) is 11.5 Å². The van der Waals surface area contributed by atoms with Gasteiger partial charge in [0.15, 0.2) is 0 Å². The fourth-order valence-electron chi connectivity index (χ4n) is 4.03. The average molecular weight is 450 g/mol. The molecule has 0 N–H and O–H groups in total. The largest absolute Gasteiger partial charge is 0.505 e. The molecule has 0 amide bonds. The SMILES string of the molecule is Cc1cc(C)c(C(=O)OP(=O)(Oc2ccccc2)C(=O)c2c(C)cc(C)cc2C)c(C)c1. The van der Waals surface area contributed by atoms with Crippen molar-refractivity contribution >= 4 is 19.1 Å². The molecule has 0 saturated carbocycles. The van der Waals surface area contributed by atoms with Gasteiger partial charge in [0.25, 0.3) is 5.52 Å². The molecule has 0 fully saturated rings. The van der Waals surface area contributed by atoms with E-state index < -0.39 is 19.1 Å². The highest BCUT2D eigenvalue weighted by Crippen LogP contribution is 2.53. The number of carbonyl (C=O) groups is 2. The van der Waals surface area contributed by atoms with Gasteiger partial charge in [-0.05, 0) is 75.9 Å². The molecule has 0 bridgehead atoms. The van der Waals surface area contributed by atoms with Gasteiger partial charge in [-0.25, -0.2) is 9.36 Å². The zero-order valence-corrected chi connectivity index (χ0v) is 20.1. The third-order valence-electron chi connectivity index (χ3n) is 5.19. The average Bonchev–Trinajstić information content (AvgIpc) is 2.66. The summed E-state index contributed by atoms with van der Waals surface area (Å²) in [7, 11) is -4.58. The summed E-state index contributed by atoms with van der Waals surface area (Å²) in [6.07, 6.45) is 0. The number of aryl methyl sites for hydroxylation is 6. The van der Waals surface area contributed by atoms with Gasteiger partial charge < -0.3 is 9.05 Å². The molecule has 6 heteroatoms. The summed E-state index contributed by atoms with van der Waals surface area (Å²) < 4.78 is 25.0. The summed E-state index contributed by atoms with van der Waals surface area (Å²) in [4.78, 5) is 26.7. The molecule has 1 unspecified atom stereocenters. The summed E-state index contributed by atoms with van der Waals surface area (Å²) >= 11 is 0. The van der Waals surface area contributed by atoms with Crippen molar-refractivity contribution in [3.05, 3.63) is 99.1 Å². The number of para-hydroxylation sites is 1. The molecule has 166 valence electrons. The van der Waals surface area contributed by atoms with Crippen LogP contribution < -0.4 is 4.52 Å². The van der Waals surface area contributed by atoms with Crippen molar-refractivity contribution in [3.8, 4) is 5.75 Å². The van der Waals surface area contributed by atoms with Crippen molar-refractivity contribution in [1.29, 1.82) is 0 Å². The van der Waals surface area contributed by atoms with Crippen LogP contribution in [0.4, 0.5) is 0 Å². The molecule has 0 saturated heterocycles. The van der Waals surface area contributed by atoms with Crippen LogP contribution >= 0.6 is 7.60 Å². The molecule has 3 aromatic rings. The number of carbonyl (C=O) groups excluding carboxylic acids is 2. The Morgan fingerprint density at radius 2 is 1.12 bits per heavy atom. The van der Waals surface area contributed by atoms with E-state index in [0.29, 0.717) is 22.3 Å². The Morgan fingerprint density at radius 3 is 1.59 bits per heavy atom. The van der Waals surface area contributed by atoms with Crippen LogP contribution in [0.3, 0.4) is 0 Å². The Kier molecular flexibility index (Phi) is 6.71. The third-order valence-corrected chi connectivity index (χ3v) is 6.77. The maximum atomic E-state index is 13.9. The topological polar surface area (TPSA) is 69.7 Å². The number of hydrogen-bond donors (Lipinski definition) is 0. The molecular formula is C26H27O5P. The van der Waals surface area contributed by atoms with Crippen molar-refractivity contribution in [2.75, 3.05) is 0 Å². The van der Waals surface area contributed by atoms with E-state index in [1.165, 1.54) is 0 Å². The highest BCUT2D eigenvalue weighted by molar-refractivity contribution is 7.73. The molecule has 5 nitrogen and oxygen atoms in total. The lowest BCUT2D eigenvalue weighted by atomic mass is 10.0. The minimum Gasteiger partial charge on any atom is -0.411 e. The fraction of sp³-hybridized carbons (Fsp3) is 0.231. The number of benzene rings is 3. The minimum atomic E-state index is -4.58. The van der Waals surface area contributed by atoms with E-state index in [2.05, 4.69) is 0 Å². The van der Waals surface area contributed by atoms with E-state index in [1.54, 1.807) is 58.0 Å². The first-order valence-corrected chi connectivity index (χ1v) is 11.9. The zero-order valence-electron chi connectivity index (χ0n) is 19.2. The van der Waals surface area contributed by atoms with Crippen LogP contribution in [0.5, 0.6) is 5.75 Å².